The number of nitrogens with zero attached hydrogens (tertiary/aromatic N) is 2. The predicted octanol–water partition coefficient (Wildman–Crippen LogP) is 2.76. The van der Waals surface area contributed by atoms with Gasteiger partial charge < -0.3 is 15.2 Å². The van der Waals surface area contributed by atoms with Gasteiger partial charge in [-0.15, -0.1) is 11.3 Å². The van der Waals surface area contributed by atoms with E-state index in [0.29, 0.717) is 6.04 Å². The second-order valence-corrected chi connectivity index (χ2v) is 7.52. The van der Waals surface area contributed by atoms with E-state index in [4.69, 9.17) is 4.74 Å². The zero-order chi connectivity index (χ0) is 17.5. The van der Waals surface area contributed by atoms with Crippen molar-refractivity contribution in [3.63, 3.8) is 0 Å². The van der Waals surface area contributed by atoms with Crippen LogP contribution >= 0.6 is 11.3 Å². The molecule has 6 heteroatoms. The maximum absolute atomic E-state index is 9.47. The van der Waals surface area contributed by atoms with Crippen molar-refractivity contribution < 1.29 is 9.84 Å². The summed E-state index contributed by atoms with van der Waals surface area (Å²) in [7, 11) is 1.68. The highest BCUT2D eigenvalue weighted by Crippen LogP contribution is 2.27. The molecule has 3 rings (SSSR count). The van der Waals surface area contributed by atoms with Gasteiger partial charge in [0.2, 0.25) is 0 Å². The molecule has 0 bridgehead atoms. The minimum atomic E-state index is 0.277. The summed E-state index contributed by atoms with van der Waals surface area (Å²) < 4.78 is 5.28. The molecule has 1 aromatic carbocycles. The molecule has 25 heavy (non-hydrogen) atoms. The number of thiazole rings is 1. The zero-order valence-corrected chi connectivity index (χ0v) is 15.6. The van der Waals surface area contributed by atoms with Gasteiger partial charge in [-0.05, 0) is 31.5 Å². The number of methoxy groups -OCH3 is 1. The van der Waals surface area contributed by atoms with Crippen LogP contribution in [-0.4, -0.2) is 54.4 Å². The van der Waals surface area contributed by atoms with Crippen LogP contribution in [0.1, 0.15) is 24.1 Å². The molecule has 2 aromatic rings. The van der Waals surface area contributed by atoms with Crippen molar-refractivity contribution in [2.45, 2.75) is 31.8 Å². The number of likely N-dealkylation sites (tertiary alicyclic amines) is 1. The number of benzene rings is 1. The van der Waals surface area contributed by atoms with Crippen LogP contribution in [0.15, 0.2) is 30.5 Å². The van der Waals surface area contributed by atoms with Gasteiger partial charge in [0.1, 0.15) is 10.8 Å². The second kappa shape index (κ2) is 9.29. The summed E-state index contributed by atoms with van der Waals surface area (Å²) in [5.41, 5.74) is 1.09. The first-order valence-corrected chi connectivity index (χ1v) is 9.76. The second-order valence-electron chi connectivity index (χ2n) is 6.41. The lowest BCUT2D eigenvalue weighted by atomic mass is 10.0. The Bertz CT molecular complexity index is 662. The molecule has 1 aliphatic heterocycles. The van der Waals surface area contributed by atoms with Crippen LogP contribution in [0.5, 0.6) is 5.75 Å². The first-order chi connectivity index (χ1) is 12.3. The van der Waals surface area contributed by atoms with Gasteiger partial charge in [-0.2, -0.15) is 0 Å². The Hall–Kier alpha value is -1.47. The minimum absolute atomic E-state index is 0.277. The van der Waals surface area contributed by atoms with Crippen molar-refractivity contribution >= 4 is 11.3 Å². The van der Waals surface area contributed by atoms with Crippen LogP contribution in [0.4, 0.5) is 0 Å². The minimum Gasteiger partial charge on any atom is -0.497 e. The van der Waals surface area contributed by atoms with Gasteiger partial charge in [0, 0.05) is 42.3 Å². The summed E-state index contributed by atoms with van der Waals surface area (Å²) in [6.45, 7) is 4.14. The van der Waals surface area contributed by atoms with Crippen LogP contribution in [0, 0.1) is 0 Å². The van der Waals surface area contributed by atoms with Gasteiger partial charge in [0.15, 0.2) is 0 Å². The largest absolute Gasteiger partial charge is 0.497 e. The van der Waals surface area contributed by atoms with Crippen molar-refractivity contribution in [3.8, 4) is 16.3 Å². The molecule has 1 atom stereocenters. The van der Waals surface area contributed by atoms with E-state index in [1.165, 1.54) is 17.7 Å². The van der Waals surface area contributed by atoms with Crippen LogP contribution in [0.25, 0.3) is 10.6 Å². The smallest absolute Gasteiger partial charge is 0.123 e. The third kappa shape index (κ3) is 5.01. The first-order valence-electron chi connectivity index (χ1n) is 8.95. The SMILES string of the molecule is COc1cccc(-c2ncc(CNCCN3CCCCC3CO)s2)c1. The third-order valence-corrected chi connectivity index (χ3v) is 5.75. The highest BCUT2D eigenvalue weighted by atomic mass is 32.1. The number of nitrogens with one attached hydrogen (secondary N) is 1. The average Bonchev–Trinajstić information content (AvgIpc) is 3.14. The van der Waals surface area contributed by atoms with E-state index < -0.39 is 0 Å². The fourth-order valence-corrected chi connectivity index (χ4v) is 4.15. The Morgan fingerprint density at radius 2 is 2.32 bits per heavy atom. The van der Waals surface area contributed by atoms with E-state index in [9.17, 15) is 5.11 Å². The number of aromatic nitrogens is 1. The Balaban J connectivity index is 1.47. The lowest BCUT2D eigenvalue weighted by Crippen LogP contribution is -2.44. The van der Waals surface area contributed by atoms with Crippen LogP contribution in [0.2, 0.25) is 0 Å². The van der Waals surface area contributed by atoms with Crippen LogP contribution < -0.4 is 10.1 Å². The van der Waals surface area contributed by atoms with Gasteiger partial charge in [-0.3, -0.25) is 4.90 Å². The topological polar surface area (TPSA) is 57.6 Å². The highest BCUT2D eigenvalue weighted by molar-refractivity contribution is 7.15. The first kappa shape index (κ1) is 18.3. The lowest BCUT2D eigenvalue weighted by molar-refractivity contribution is 0.0910. The summed E-state index contributed by atoms with van der Waals surface area (Å²) in [5, 5.41) is 14.0. The molecule has 0 radical (unpaired) electrons. The molecule has 0 aliphatic carbocycles. The zero-order valence-electron chi connectivity index (χ0n) is 14.8. The molecule has 0 spiro atoms. The Kier molecular flexibility index (Phi) is 6.81. The molecular weight excluding hydrogens is 334 g/mol. The van der Waals surface area contributed by atoms with Crippen molar-refractivity contribution in [1.82, 2.24) is 15.2 Å². The predicted molar refractivity (Wildman–Crippen MR) is 102 cm³/mol. The Morgan fingerprint density at radius 3 is 3.16 bits per heavy atom. The van der Waals surface area contributed by atoms with Gasteiger partial charge in [-0.1, -0.05) is 18.6 Å². The van der Waals surface area contributed by atoms with Crippen molar-refractivity contribution in [3.05, 3.63) is 35.3 Å². The Labute approximate surface area is 153 Å². The monoisotopic (exact) mass is 361 g/mol. The highest BCUT2D eigenvalue weighted by Gasteiger charge is 2.20. The molecule has 0 amide bonds. The summed E-state index contributed by atoms with van der Waals surface area (Å²) in [4.78, 5) is 8.17. The number of aliphatic hydroxyl groups excluding tert-OH is 1. The number of hydrogen-bond acceptors (Lipinski definition) is 6. The number of piperidine rings is 1. The van der Waals surface area contributed by atoms with Gasteiger partial charge in [0.05, 0.1) is 13.7 Å². The standard InChI is InChI=1S/C19H27N3O2S/c1-24-17-7-4-5-15(11-17)19-21-13-18(25-19)12-20-8-10-22-9-3-2-6-16(22)14-23/h4-5,7,11,13,16,20,23H,2-3,6,8-10,12,14H2,1H3. The fourth-order valence-electron chi connectivity index (χ4n) is 3.27. The number of ether oxygens (including phenoxy) is 1. The van der Waals surface area contributed by atoms with Gasteiger partial charge in [-0.25, -0.2) is 4.98 Å². The molecule has 1 fully saturated rings. The van der Waals surface area contributed by atoms with Gasteiger partial charge in [0.25, 0.3) is 0 Å². The maximum Gasteiger partial charge on any atom is 0.123 e. The van der Waals surface area contributed by atoms with E-state index in [1.807, 2.05) is 24.4 Å². The van der Waals surface area contributed by atoms with E-state index in [1.54, 1.807) is 18.4 Å². The van der Waals surface area contributed by atoms with E-state index in [2.05, 4.69) is 21.3 Å². The summed E-state index contributed by atoms with van der Waals surface area (Å²) in [6.07, 6.45) is 5.55. The van der Waals surface area contributed by atoms with Crippen LogP contribution in [-0.2, 0) is 6.54 Å². The molecule has 136 valence electrons. The summed E-state index contributed by atoms with van der Waals surface area (Å²) >= 11 is 1.71. The van der Waals surface area contributed by atoms with Gasteiger partial charge >= 0.3 is 0 Å². The molecule has 1 aromatic heterocycles. The number of hydrogen-bond donors (Lipinski definition) is 2. The molecule has 2 N–H and O–H groups in total. The molecular formula is C19H27N3O2S. The molecule has 1 saturated heterocycles. The molecule has 1 aliphatic rings. The molecule has 2 heterocycles. The molecule has 5 nitrogen and oxygen atoms in total. The lowest BCUT2D eigenvalue weighted by Gasteiger charge is -2.34. The third-order valence-electron chi connectivity index (χ3n) is 4.71. The van der Waals surface area contributed by atoms with Crippen molar-refractivity contribution in [2.75, 3.05) is 33.4 Å². The van der Waals surface area contributed by atoms with Crippen molar-refractivity contribution in [2.24, 2.45) is 0 Å². The number of aliphatic hydroxyl groups is 1. The molecule has 0 saturated carbocycles. The Morgan fingerprint density at radius 1 is 1.40 bits per heavy atom. The summed E-state index contributed by atoms with van der Waals surface area (Å²) in [5.74, 6) is 0.854. The van der Waals surface area contributed by atoms with E-state index in [0.717, 1.165) is 48.9 Å². The fraction of sp³-hybridized carbons (Fsp3) is 0.526. The van der Waals surface area contributed by atoms with E-state index >= 15 is 0 Å². The normalized spacial score (nSPS) is 18.4. The molecule has 1 unspecified atom stereocenters. The van der Waals surface area contributed by atoms with Crippen LogP contribution in [0.3, 0.4) is 0 Å². The quantitative estimate of drug-likeness (QED) is 0.708. The summed E-state index contributed by atoms with van der Waals surface area (Å²) in [6, 6.07) is 8.35. The number of rotatable bonds is 8. The average molecular weight is 362 g/mol. The van der Waals surface area contributed by atoms with Crippen molar-refractivity contribution in [1.29, 1.82) is 0 Å². The van der Waals surface area contributed by atoms with E-state index in [-0.39, 0.29) is 6.61 Å². The maximum atomic E-state index is 9.47.